The van der Waals surface area contributed by atoms with Gasteiger partial charge in [-0.15, -0.1) is 0 Å². The molecule has 0 fully saturated rings. The number of hydrogen-bond donors (Lipinski definition) is 1. The summed E-state index contributed by atoms with van der Waals surface area (Å²) in [5.41, 5.74) is 4.33. The first-order valence-electron chi connectivity index (χ1n) is 10.1. The summed E-state index contributed by atoms with van der Waals surface area (Å²) < 4.78 is 13.1. The standard InChI is InChI=1S/C24H23N3O4/c1-4-30-19-12-11-17(13-20(19)31-5-2)21-15(3)26-27-22(16-9-7-6-8-10-16)18(24(28)29)14-25-23(21)27/h6-14H,4-5H2,1-3H3,(H,28,29). The lowest BCUT2D eigenvalue weighted by Gasteiger charge is -2.12. The molecule has 0 unspecified atom stereocenters. The van der Waals surface area contributed by atoms with Crippen LogP contribution in [0.4, 0.5) is 0 Å². The Kier molecular flexibility index (Phi) is 5.58. The lowest BCUT2D eigenvalue weighted by atomic mass is 10.0. The molecule has 0 atom stereocenters. The van der Waals surface area contributed by atoms with E-state index in [0.29, 0.717) is 36.1 Å². The summed E-state index contributed by atoms with van der Waals surface area (Å²) in [6.07, 6.45) is 1.39. The molecule has 158 valence electrons. The van der Waals surface area contributed by atoms with Gasteiger partial charge in [0.05, 0.1) is 24.6 Å². The first-order valence-corrected chi connectivity index (χ1v) is 10.1. The van der Waals surface area contributed by atoms with Crippen LogP contribution in [0.25, 0.3) is 28.0 Å². The van der Waals surface area contributed by atoms with Crippen LogP contribution in [0.1, 0.15) is 29.9 Å². The number of carbonyl (C=O) groups is 1. The van der Waals surface area contributed by atoms with Gasteiger partial charge in [-0.3, -0.25) is 0 Å². The quantitative estimate of drug-likeness (QED) is 0.462. The molecule has 2 heterocycles. The van der Waals surface area contributed by atoms with E-state index in [1.807, 2.05) is 69.3 Å². The highest BCUT2D eigenvalue weighted by molar-refractivity contribution is 5.96. The van der Waals surface area contributed by atoms with Crippen molar-refractivity contribution in [2.45, 2.75) is 20.8 Å². The van der Waals surface area contributed by atoms with Crippen molar-refractivity contribution in [1.29, 1.82) is 0 Å². The van der Waals surface area contributed by atoms with Crippen molar-refractivity contribution in [3.63, 3.8) is 0 Å². The van der Waals surface area contributed by atoms with Gasteiger partial charge in [-0.2, -0.15) is 5.10 Å². The molecular weight excluding hydrogens is 394 g/mol. The molecule has 0 bridgehead atoms. The number of benzene rings is 2. The minimum Gasteiger partial charge on any atom is -0.490 e. The van der Waals surface area contributed by atoms with Crippen LogP contribution in [0.3, 0.4) is 0 Å². The van der Waals surface area contributed by atoms with E-state index in [1.165, 1.54) is 6.20 Å². The number of aromatic carboxylic acids is 1. The molecule has 0 aliphatic carbocycles. The Morgan fingerprint density at radius 3 is 2.39 bits per heavy atom. The second-order valence-electron chi connectivity index (χ2n) is 6.92. The fraction of sp³-hybridized carbons (Fsp3) is 0.208. The summed E-state index contributed by atoms with van der Waals surface area (Å²) in [6.45, 7) is 6.78. The SMILES string of the molecule is CCOc1ccc(-c2c(C)nn3c(-c4ccccc4)c(C(=O)O)cnc23)cc1OCC. The normalized spacial score (nSPS) is 10.9. The zero-order valence-electron chi connectivity index (χ0n) is 17.6. The van der Waals surface area contributed by atoms with Gasteiger partial charge in [0.25, 0.3) is 0 Å². The highest BCUT2D eigenvalue weighted by Crippen LogP contribution is 2.37. The van der Waals surface area contributed by atoms with Crippen LogP contribution in [-0.2, 0) is 0 Å². The summed E-state index contributed by atoms with van der Waals surface area (Å²) in [5, 5.41) is 14.4. The van der Waals surface area contributed by atoms with Crippen LogP contribution in [0.15, 0.2) is 54.7 Å². The Balaban J connectivity index is 1.96. The van der Waals surface area contributed by atoms with Gasteiger partial charge < -0.3 is 14.6 Å². The number of carboxylic acid groups (broad SMARTS) is 1. The van der Waals surface area contributed by atoms with Crippen molar-refractivity contribution in [2.75, 3.05) is 13.2 Å². The van der Waals surface area contributed by atoms with Gasteiger partial charge in [0.2, 0.25) is 0 Å². The molecule has 2 aromatic heterocycles. The van der Waals surface area contributed by atoms with Crippen LogP contribution < -0.4 is 9.47 Å². The van der Waals surface area contributed by atoms with E-state index in [2.05, 4.69) is 10.1 Å². The molecule has 0 aliphatic rings. The van der Waals surface area contributed by atoms with Crippen LogP contribution in [0.2, 0.25) is 0 Å². The number of nitrogens with zero attached hydrogens (tertiary/aromatic N) is 3. The Labute approximate surface area is 179 Å². The number of aromatic nitrogens is 3. The third-order valence-corrected chi connectivity index (χ3v) is 4.93. The Bertz CT molecular complexity index is 1250. The maximum Gasteiger partial charge on any atom is 0.339 e. The van der Waals surface area contributed by atoms with Gasteiger partial charge in [0.15, 0.2) is 17.1 Å². The Hall–Kier alpha value is -3.87. The minimum absolute atomic E-state index is 0.0921. The fourth-order valence-electron chi connectivity index (χ4n) is 3.67. The second-order valence-corrected chi connectivity index (χ2v) is 6.92. The molecule has 7 heteroatoms. The molecule has 0 aliphatic heterocycles. The molecule has 31 heavy (non-hydrogen) atoms. The van der Waals surface area contributed by atoms with Gasteiger partial charge in [0, 0.05) is 17.3 Å². The van der Waals surface area contributed by atoms with Crippen molar-refractivity contribution in [3.05, 3.63) is 66.0 Å². The molecule has 0 radical (unpaired) electrons. The second kappa shape index (κ2) is 8.47. The van der Waals surface area contributed by atoms with Crippen LogP contribution >= 0.6 is 0 Å². The van der Waals surface area contributed by atoms with E-state index in [4.69, 9.17) is 9.47 Å². The predicted octanol–water partition coefficient (Wildman–Crippen LogP) is 4.87. The third-order valence-electron chi connectivity index (χ3n) is 4.93. The van der Waals surface area contributed by atoms with E-state index >= 15 is 0 Å². The van der Waals surface area contributed by atoms with Crippen LogP contribution in [-0.4, -0.2) is 38.9 Å². The highest BCUT2D eigenvalue weighted by Gasteiger charge is 2.22. The molecule has 1 N–H and O–H groups in total. The van der Waals surface area contributed by atoms with E-state index < -0.39 is 5.97 Å². The monoisotopic (exact) mass is 417 g/mol. The molecule has 4 aromatic rings. The zero-order chi connectivity index (χ0) is 22.0. The minimum atomic E-state index is -1.05. The van der Waals surface area contributed by atoms with Crippen molar-refractivity contribution in [3.8, 4) is 33.9 Å². The van der Waals surface area contributed by atoms with Gasteiger partial charge in [-0.25, -0.2) is 14.3 Å². The number of hydrogen-bond acceptors (Lipinski definition) is 5. The average molecular weight is 417 g/mol. The van der Waals surface area contributed by atoms with E-state index in [9.17, 15) is 9.90 Å². The predicted molar refractivity (Wildman–Crippen MR) is 118 cm³/mol. The third kappa shape index (κ3) is 3.70. The van der Waals surface area contributed by atoms with Crippen molar-refractivity contribution in [1.82, 2.24) is 14.6 Å². The molecule has 7 nitrogen and oxygen atoms in total. The van der Waals surface area contributed by atoms with E-state index in [-0.39, 0.29) is 5.56 Å². The lowest BCUT2D eigenvalue weighted by molar-refractivity contribution is 0.0696. The first-order chi connectivity index (χ1) is 15.0. The number of ether oxygens (including phenoxy) is 2. The largest absolute Gasteiger partial charge is 0.490 e. The Morgan fingerprint density at radius 1 is 1.00 bits per heavy atom. The van der Waals surface area contributed by atoms with Gasteiger partial charge >= 0.3 is 5.97 Å². The molecule has 2 aromatic carbocycles. The summed E-state index contributed by atoms with van der Waals surface area (Å²) in [7, 11) is 0. The van der Waals surface area contributed by atoms with Gasteiger partial charge in [-0.05, 0) is 38.5 Å². The summed E-state index contributed by atoms with van der Waals surface area (Å²) >= 11 is 0. The summed E-state index contributed by atoms with van der Waals surface area (Å²) in [4.78, 5) is 16.4. The van der Waals surface area contributed by atoms with Crippen LogP contribution in [0.5, 0.6) is 11.5 Å². The maximum atomic E-state index is 11.9. The average Bonchev–Trinajstić information content (AvgIpc) is 3.11. The highest BCUT2D eigenvalue weighted by atomic mass is 16.5. The van der Waals surface area contributed by atoms with Crippen molar-refractivity contribution < 1.29 is 19.4 Å². The maximum absolute atomic E-state index is 11.9. The molecule has 0 spiro atoms. The van der Waals surface area contributed by atoms with Crippen LogP contribution in [0, 0.1) is 6.92 Å². The number of rotatable bonds is 7. The Morgan fingerprint density at radius 2 is 1.71 bits per heavy atom. The molecule has 0 amide bonds. The summed E-state index contributed by atoms with van der Waals surface area (Å²) in [6, 6.07) is 15.1. The topological polar surface area (TPSA) is 86.0 Å². The fourth-order valence-corrected chi connectivity index (χ4v) is 3.67. The van der Waals surface area contributed by atoms with E-state index in [0.717, 1.165) is 22.4 Å². The zero-order valence-corrected chi connectivity index (χ0v) is 17.6. The first kappa shape index (κ1) is 20.4. The number of carboxylic acids is 1. The number of aryl methyl sites for hydroxylation is 1. The van der Waals surface area contributed by atoms with E-state index in [1.54, 1.807) is 4.52 Å². The molecular formula is C24H23N3O4. The molecule has 4 rings (SSSR count). The summed E-state index contributed by atoms with van der Waals surface area (Å²) in [5.74, 6) is 0.266. The molecule has 0 saturated heterocycles. The molecule has 0 saturated carbocycles. The van der Waals surface area contributed by atoms with Crippen molar-refractivity contribution in [2.24, 2.45) is 0 Å². The van der Waals surface area contributed by atoms with Crippen molar-refractivity contribution >= 4 is 11.6 Å². The number of fused-ring (bicyclic) bond motifs is 1. The smallest absolute Gasteiger partial charge is 0.339 e. The van der Waals surface area contributed by atoms with Gasteiger partial charge in [0.1, 0.15) is 5.56 Å². The van der Waals surface area contributed by atoms with Gasteiger partial charge in [-0.1, -0.05) is 36.4 Å². The lowest BCUT2D eigenvalue weighted by Crippen LogP contribution is -2.07.